The van der Waals surface area contributed by atoms with Crippen molar-refractivity contribution in [1.82, 2.24) is 4.90 Å². The van der Waals surface area contributed by atoms with E-state index in [2.05, 4.69) is 52.4 Å². The number of hydrogen-bond donors (Lipinski definition) is 1. The molecule has 1 fully saturated rings. The van der Waals surface area contributed by atoms with Crippen molar-refractivity contribution in [3.63, 3.8) is 0 Å². The molecule has 26 heavy (non-hydrogen) atoms. The fourth-order valence-electron chi connectivity index (χ4n) is 3.29. The Morgan fingerprint density at radius 2 is 1.69 bits per heavy atom. The van der Waals surface area contributed by atoms with Gasteiger partial charge < -0.3 is 19.9 Å². The molecule has 0 saturated carbocycles. The number of anilines is 2. The van der Waals surface area contributed by atoms with Crippen LogP contribution in [0.15, 0.2) is 48.5 Å². The highest BCUT2D eigenvalue weighted by atomic mass is 32.1. The van der Waals surface area contributed by atoms with E-state index in [1.165, 1.54) is 11.3 Å². The van der Waals surface area contributed by atoms with Gasteiger partial charge in [-0.05, 0) is 49.3 Å². The summed E-state index contributed by atoms with van der Waals surface area (Å²) in [6.07, 6.45) is 0.994. The van der Waals surface area contributed by atoms with Gasteiger partial charge in [-0.15, -0.1) is 0 Å². The molecule has 1 aliphatic heterocycles. The van der Waals surface area contributed by atoms with E-state index in [1.807, 2.05) is 25.1 Å². The van der Waals surface area contributed by atoms with E-state index in [0.717, 1.165) is 49.1 Å². The maximum atomic E-state index is 5.78. The van der Waals surface area contributed by atoms with E-state index in [1.54, 1.807) is 0 Å². The molecule has 1 N–H and O–H groups in total. The van der Waals surface area contributed by atoms with E-state index in [-0.39, 0.29) is 0 Å². The molecule has 0 aromatic heterocycles. The summed E-state index contributed by atoms with van der Waals surface area (Å²) in [4.78, 5) is 4.63. The van der Waals surface area contributed by atoms with Gasteiger partial charge in [0.1, 0.15) is 5.75 Å². The Morgan fingerprint density at radius 1 is 1.00 bits per heavy atom. The van der Waals surface area contributed by atoms with Crippen LogP contribution in [-0.4, -0.2) is 42.8 Å². The van der Waals surface area contributed by atoms with E-state index in [9.17, 15) is 0 Å². The lowest BCUT2D eigenvalue weighted by molar-refractivity contribution is 0.336. The molecule has 0 bridgehead atoms. The fraction of sp³-hybridized carbons (Fsp3) is 0.381. The van der Waals surface area contributed by atoms with Gasteiger partial charge in [0.25, 0.3) is 0 Å². The lowest BCUT2D eigenvalue weighted by Crippen LogP contribution is -2.50. The van der Waals surface area contributed by atoms with Crippen molar-refractivity contribution in [2.75, 3.05) is 43.0 Å². The Kier molecular flexibility index (Phi) is 6.34. The minimum Gasteiger partial charge on any atom is -0.492 e. The van der Waals surface area contributed by atoms with Crippen LogP contribution in [0.1, 0.15) is 19.4 Å². The third-order valence-electron chi connectivity index (χ3n) is 4.71. The number of aryl methyl sites for hydroxylation is 1. The number of nitrogens with zero attached hydrogens (tertiary/aromatic N) is 2. The highest BCUT2D eigenvalue weighted by Gasteiger charge is 2.21. The van der Waals surface area contributed by atoms with Gasteiger partial charge in [0.05, 0.1) is 12.3 Å². The van der Waals surface area contributed by atoms with Crippen molar-refractivity contribution in [1.29, 1.82) is 0 Å². The number of hydrogen-bond acceptors (Lipinski definition) is 3. The van der Waals surface area contributed by atoms with E-state index < -0.39 is 0 Å². The van der Waals surface area contributed by atoms with E-state index in [4.69, 9.17) is 17.0 Å². The topological polar surface area (TPSA) is 27.7 Å². The molecule has 1 saturated heterocycles. The summed E-state index contributed by atoms with van der Waals surface area (Å²) in [6.45, 7) is 8.54. The Hall–Kier alpha value is -2.27. The predicted molar refractivity (Wildman–Crippen MR) is 113 cm³/mol. The average molecular weight is 370 g/mol. The summed E-state index contributed by atoms with van der Waals surface area (Å²) in [7, 11) is 0. The quantitative estimate of drug-likeness (QED) is 0.799. The van der Waals surface area contributed by atoms with Crippen molar-refractivity contribution < 1.29 is 4.74 Å². The molecule has 2 aromatic carbocycles. The Bertz CT molecular complexity index is 742. The first kappa shape index (κ1) is 18.5. The van der Waals surface area contributed by atoms with Crippen molar-refractivity contribution in [2.45, 2.75) is 20.3 Å². The minimum absolute atomic E-state index is 0.682. The van der Waals surface area contributed by atoms with Crippen LogP contribution in [0.4, 0.5) is 11.4 Å². The smallest absolute Gasteiger partial charge is 0.173 e. The van der Waals surface area contributed by atoms with Crippen LogP contribution in [0, 0.1) is 0 Å². The molecule has 0 atom stereocenters. The summed E-state index contributed by atoms with van der Waals surface area (Å²) in [6, 6.07) is 16.6. The van der Waals surface area contributed by atoms with Crippen LogP contribution in [0.5, 0.6) is 5.75 Å². The van der Waals surface area contributed by atoms with Crippen LogP contribution >= 0.6 is 12.2 Å². The van der Waals surface area contributed by atoms with Gasteiger partial charge in [-0.2, -0.15) is 0 Å². The van der Waals surface area contributed by atoms with Crippen LogP contribution in [0.2, 0.25) is 0 Å². The zero-order valence-corrected chi connectivity index (χ0v) is 16.4. The molecule has 0 aliphatic carbocycles. The van der Waals surface area contributed by atoms with Crippen molar-refractivity contribution in [3.8, 4) is 5.75 Å². The summed E-state index contributed by atoms with van der Waals surface area (Å²) >= 11 is 5.66. The molecule has 0 radical (unpaired) electrons. The molecular weight excluding hydrogens is 342 g/mol. The highest BCUT2D eigenvalue weighted by Crippen LogP contribution is 2.29. The average Bonchev–Trinajstić information content (AvgIpc) is 2.69. The van der Waals surface area contributed by atoms with Crippen LogP contribution in [0.25, 0.3) is 0 Å². The van der Waals surface area contributed by atoms with Gasteiger partial charge in [0.15, 0.2) is 5.11 Å². The maximum Gasteiger partial charge on any atom is 0.173 e. The number of benzene rings is 2. The zero-order chi connectivity index (χ0) is 18.4. The van der Waals surface area contributed by atoms with Crippen LogP contribution < -0.4 is 15.0 Å². The first-order valence-corrected chi connectivity index (χ1v) is 9.74. The number of rotatable bonds is 5. The van der Waals surface area contributed by atoms with Gasteiger partial charge in [0, 0.05) is 31.9 Å². The standard InChI is InChI=1S/C21H27N3OS/c1-3-17-9-5-6-10-18(17)22-21(26)24-15-13-23(14-16-24)19-11-7-8-12-20(19)25-4-2/h5-12H,3-4,13-16H2,1-2H3,(H,22,26). The first-order chi connectivity index (χ1) is 12.7. The number of ether oxygens (including phenoxy) is 1. The zero-order valence-electron chi connectivity index (χ0n) is 15.6. The molecule has 3 rings (SSSR count). The van der Waals surface area contributed by atoms with E-state index >= 15 is 0 Å². The molecule has 0 unspecified atom stereocenters. The van der Waals surface area contributed by atoms with Gasteiger partial charge in [-0.3, -0.25) is 0 Å². The third-order valence-corrected chi connectivity index (χ3v) is 5.07. The molecule has 138 valence electrons. The van der Waals surface area contributed by atoms with E-state index in [0.29, 0.717) is 6.61 Å². The molecule has 0 spiro atoms. The number of thiocarbonyl (C=S) groups is 1. The van der Waals surface area contributed by atoms with Crippen molar-refractivity contribution >= 4 is 28.7 Å². The second-order valence-electron chi connectivity index (χ2n) is 6.32. The normalized spacial score (nSPS) is 14.2. The summed E-state index contributed by atoms with van der Waals surface area (Å²) in [5.74, 6) is 0.959. The molecule has 1 aliphatic rings. The van der Waals surface area contributed by atoms with Gasteiger partial charge in [-0.25, -0.2) is 0 Å². The van der Waals surface area contributed by atoms with Gasteiger partial charge in [0.2, 0.25) is 0 Å². The number of para-hydroxylation sites is 3. The minimum atomic E-state index is 0.682. The monoisotopic (exact) mass is 369 g/mol. The van der Waals surface area contributed by atoms with Crippen molar-refractivity contribution in [3.05, 3.63) is 54.1 Å². The maximum absolute atomic E-state index is 5.78. The molecule has 4 nitrogen and oxygen atoms in total. The molecule has 2 aromatic rings. The Balaban J connectivity index is 1.61. The van der Waals surface area contributed by atoms with Gasteiger partial charge in [-0.1, -0.05) is 37.3 Å². The summed E-state index contributed by atoms with van der Waals surface area (Å²) in [5.41, 5.74) is 3.58. The second-order valence-corrected chi connectivity index (χ2v) is 6.70. The van der Waals surface area contributed by atoms with Crippen LogP contribution in [-0.2, 0) is 6.42 Å². The molecule has 0 amide bonds. The van der Waals surface area contributed by atoms with Crippen LogP contribution in [0.3, 0.4) is 0 Å². The molecular formula is C21H27N3OS. The highest BCUT2D eigenvalue weighted by molar-refractivity contribution is 7.80. The van der Waals surface area contributed by atoms with Gasteiger partial charge >= 0.3 is 0 Å². The largest absolute Gasteiger partial charge is 0.492 e. The first-order valence-electron chi connectivity index (χ1n) is 9.33. The number of nitrogens with one attached hydrogen (secondary N) is 1. The third kappa shape index (κ3) is 4.28. The lowest BCUT2D eigenvalue weighted by atomic mass is 10.1. The fourth-order valence-corrected chi connectivity index (χ4v) is 3.58. The predicted octanol–water partition coefficient (Wildman–Crippen LogP) is 4.17. The lowest BCUT2D eigenvalue weighted by Gasteiger charge is -2.38. The Labute approximate surface area is 161 Å². The molecule has 5 heteroatoms. The summed E-state index contributed by atoms with van der Waals surface area (Å²) in [5, 5.41) is 4.24. The van der Waals surface area contributed by atoms with Crippen molar-refractivity contribution in [2.24, 2.45) is 0 Å². The SMILES string of the molecule is CCOc1ccccc1N1CCN(C(=S)Nc2ccccc2CC)CC1. The number of piperazine rings is 1. The summed E-state index contributed by atoms with van der Waals surface area (Å²) < 4.78 is 5.78. The molecule has 1 heterocycles. The Morgan fingerprint density at radius 3 is 2.42 bits per heavy atom. The second kappa shape index (κ2) is 8.90.